The van der Waals surface area contributed by atoms with Gasteiger partial charge in [0.1, 0.15) is 10.5 Å². The molecule has 0 atom stereocenters. The minimum atomic E-state index is -3.93. The van der Waals surface area contributed by atoms with Gasteiger partial charge in [-0.1, -0.05) is 6.07 Å². The highest BCUT2D eigenvalue weighted by Gasteiger charge is 2.19. The van der Waals surface area contributed by atoms with Crippen LogP contribution in [0.4, 0.5) is 5.69 Å². The van der Waals surface area contributed by atoms with Crippen molar-refractivity contribution in [3.63, 3.8) is 0 Å². The standard InChI is InChI=1S/C10H9N3O5S/c14-9-7(10(15)16)2-1-3-8(9)13-19(17,18)6-4-11-12-5-6/h1-5,13-14H,(H,11,12)(H,15,16). The first-order chi connectivity index (χ1) is 8.92. The second kappa shape index (κ2) is 4.61. The van der Waals surface area contributed by atoms with Crippen LogP contribution in [0.5, 0.6) is 5.75 Å². The van der Waals surface area contributed by atoms with Gasteiger partial charge in [0.05, 0.1) is 11.9 Å². The van der Waals surface area contributed by atoms with E-state index >= 15 is 0 Å². The maximum absolute atomic E-state index is 11.9. The molecule has 0 saturated heterocycles. The van der Waals surface area contributed by atoms with Crippen molar-refractivity contribution in [2.75, 3.05) is 4.72 Å². The Balaban J connectivity index is 2.40. The highest BCUT2D eigenvalue weighted by molar-refractivity contribution is 7.92. The van der Waals surface area contributed by atoms with E-state index in [1.54, 1.807) is 0 Å². The van der Waals surface area contributed by atoms with Crippen LogP contribution in [0.1, 0.15) is 10.4 Å². The SMILES string of the molecule is O=C(O)c1cccc(NS(=O)(=O)c2cn[nH]c2)c1O. The van der Waals surface area contributed by atoms with E-state index in [4.69, 9.17) is 5.11 Å². The Bertz CT molecular complexity index is 709. The Morgan fingerprint density at radius 1 is 1.37 bits per heavy atom. The van der Waals surface area contributed by atoms with Gasteiger partial charge in [0, 0.05) is 6.20 Å². The number of hydrogen-bond donors (Lipinski definition) is 4. The van der Waals surface area contributed by atoms with E-state index in [1.165, 1.54) is 12.1 Å². The third-order valence-electron chi connectivity index (χ3n) is 2.29. The number of hydrogen-bond acceptors (Lipinski definition) is 5. The summed E-state index contributed by atoms with van der Waals surface area (Å²) in [5.41, 5.74) is -0.617. The van der Waals surface area contributed by atoms with Crippen LogP contribution < -0.4 is 4.72 Å². The summed E-state index contributed by atoms with van der Waals surface area (Å²) in [6, 6.07) is 3.73. The number of nitrogens with one attached hydrogen (secondary N) is 2. The molecular weight excluding hydrogens is 274 g/mol. The third-order valence-corrected chi connectivity index (χ3v) is 3.63. The molecule has 0 bridgehead atoms. The minimum Gasteiger partial charge on any atom is -0.505 e. The number of aromatic carboxylic acids is 1. The summed E-state index contributed by atoms with van der Waals surface area (Å²) in [4.78, 5) is 10.7. The number of carboxylic acid groups (broad SMARTS) is 1. The number of para-hydroxylation sites is 1. The van der Waals surface area contributed by atoms with E-state index in [9.17, 15) is 18.3 Å². The maximum Gasteiger partial charge on any atom is 0.339 e. The zero-order valence-electron chi connectivity index (χ0n) is 9.36. The average molecular weight is 283 g/mol. The highest BCUT2D eigenvalue weighted by atomic mass is 32.2. The van der Waals surface area contributed by atoms with Gasteiger partial charge in [-0.25, -0.2) is 13.2 Å². The number of H-pyrrole nitrogens is 1. The van der Waals surface area contributed by atoms with Gasteiger partial charge in [0.25, 0.3) is 10.0 Å². The number of carbonyl (C=O) groups is 1. The molecule has 19 heavy (non-hydrogen) atoms. The molecule has 2 aromatic rings. The summed E-state index contributed by atoms with van der Waals surface area (Å²) in [5, 5.41) is 24.3. The number of aromatic amines is 1. The molecule has 1 aromatic heterocycles. The van der Waals surface area contributed by atoms with Crippen LogP contribution in [0.15, 0.2) is 35.5 Å². The molecule has 0 spiro atoms. The average Bonchev–Trinajstić information content (AvgIpc) is 2.85. The lowest BCUT2D eigenvalue weighted by Gasteiger charge is -2.09. The van der Waals surface area contributed by atoms with E-state index in [0.29, 0.717) is 0 Å². The molecule has 0 fully saturated rings. The van der Waals surface area contributed by atoms with E-state index in [1.807, 2.05) is 0 Å². The zero-order valence-corrected chi connectivity index (χ0v) is 10.2. The van der Waals surface area contributed by atoms with E-state index in [2.05, 4.69) is 14.9 Å². The van der Waals surface area contributed by atoms with Crippen molar-refractivity contribution >= 4 is 21.7 Å². The molecule has 9 heteroatoms. The lowest BCUT2D eigenvalue weighted by Crippen LogP contribution is -2.13. The van der Waals surface area contributed by atoms with E-state index < -0.39 is 27.3 Å². The summed E-state index contributed by atoms with van der Waals surface area (Å²) in [6.07, 6.45) is 2.24. The molecule has 0 unspecified atom stereocenters. The zero-order chi connectivity index (χ0) is 14.0. The molecular formula is C10H9N3O5S. The van der Waals surface area contributed by atoms with E-state index in [-0.39, 0.29) is 10.6 Å². The van der Waals surface area contributed by atoms with Crippen LogP contribution in [0, 0.1) is 0 Å². The lowest BCUT2D eigenvalue weighted by molar-refractivity contribution is 0.0694. The third kappa shape index (κ3) is 2.50. The number of anilines is 1. The summed E-state index contributed by atoms with van der Waals surface area (Å²) in [7, 11) is -3.93. The normalized spacial score (nSPS) is 11.2. The second-order valence-electron chi connectivity index (χ2n) is 3.55. The summed E-state index contributed by atoms with van der Waals surface area (Å²) in [6.45, 7) is 0. The fourth-order valence-corrected chi connectivity index (χ4v) is 2.36. The van der Waals surface area contributed by atoms with Crippen LogP contribution in [-0.4, -0.2) is 34.8 Å². The molecule has 2 rings (SSSR count). The van der Waals surface area contributed by atoms with Crippen molar-refractivity contribution in [3.8, 4) is 5.75 Å². The van der Waals surface area contributed by atoms with Crippen molar-refractivity contribution in [2.45, 2.75) is 4.90 Å². The van der Waals surface area contributed by atoms with Crippen molar-refractivity contribution in [1.29, 1.82) is 0 Å². The smallest absolute Gasteiger partial charge is 0.339 e. The molecule has 4 N–H and O–H groups in total. The summed E-state index contributed by atoms with van der Waals surface area (Å²) < 4.78 is 25.8. The summed E-state index contributed by atoms with van der Waals surface area (Å²) in [5.74, 6) is -2.01. The van der Waals surface area contributed by atoms with Gasteiger partial charge in [0.2, 0.25) is 0 Å². The van der Waals surface area contributed by atoms with Crippen LogP contribution in [0.2, 0.25) is 0 Å². The molecule has 8 nitrogen and oxygen atoms in total. The number of aromatic hydroxyl groups is 1. The topological polar surface area (TPSA) is 132 Å². The number of carboxylic acids is 1. The molecule has 0 aliphatic carbocycles. The summed E-state index contributed by atoms with van der Waals surface area (Å²) >= 11 is 0. The number of aromatic nitrogens is 2. The number of sulfonamides is 1. The van der Waals surface area contributed by atoms with Gasteiger partial charge < -0.3 is 10.2 Å². The van der Waals surface area contributed by atoms with Gasteiger partial charge in [-0.05, 0) is 12.1 Å². The largest absolute Gasteiger partial charge is 0.505 e. The Labute approximate surface area is 107 Å². The van der Waals surface area contributed by atoms with Gasteiger partial charge >= 0.3 is 5.97 Å². The Hall–Kier alpha value is -2.55. The monoisotopic (exact) mass is 283 g/mol. The number of nitrogens with zero attached hydrogens (tertiary/aromatic N) is 1. The highest BCUT2D eigenvalue weighted by Crippen LogP contribution is 2.29. The Morgan fingerprint density at radius 3 is 2.68 bits per heavy atom. The van der Waals surface area contributed by atoms with Crippen molar-refractivity contribution in [1.82, 2.24) is 10.2 Å². The molecule has 0 radical (unpaired) electrons. The molecule has 0 saturated carbocycles. The molecule has 1 heterocycles. The number of rotatable bonds is 4. The predicted molar refractivity (Wildman–Crippen MR) is 64.5 cm³/mol. The van der Waals surface area contributed by atoms with Crippen molar-refractivity contribution < 1.29 is 23.4 Å². The molecule has 100 valence electrons. The van der Waals surface area contributed by atoms with E-state index in [0.717, 1.165) is 18.5 Å². The first kappa shape index (κ1) is 12.9. The molecule has 0 amide bonds. The fourth-order valence-electron chi connectivity index (χ4n) is 1.39. The number of benzene rings is 1. The van der Waals surface area contributed by atoms with Crippen LogP contribution >= 0.6 is 0 Å². The van der Waals surface area contributed by atoms with Gasteiger partial charge in [0.15, 0.2) is 5.75 Å². The quantitative estimate of drug-likeness (QED) is 0.608. The maximum atomic E-state index is 11.9. The van der Waals surface area contributed by atoms with Crippen LogP contribution in [0.25, 0.3) is 0 Å². The minimum absolute atomic E-state index is 0.132. The van der Waals surface area contributed by atoms with Gasteiger partial charge in [-0.2, -0.15) is 5.10 Å². The first-order valence-electron chi connectivity index (χ1n) is 4.98. The molecule has 1 aromatic carbocycles. The first-order valence-corrected chi connectivity index (χ1v) is 6.47. The number of phenols is 1. The van der Waals surface area contributed by atoms with Crippen molar-refractivity contribution in [3.05, 3.63) is 36.2 Å². The van der Waals surface area contributed by atoms with Crippen molar-refractivity contribution in [2.24, 2.45) is 0 Å². The predicted octanol–water partition coefficient (Wildman–Crippen LogP) is 0.614. The van der Waals surface area contributed by atoms with Gasteiger partial charge in [-0.3, -0.25) is 9.82 Å². The molecule has 0 aliphatic rings. The fraction of sp³-hybridized carbons (Fsp3) is 0. The Morgan fingerprint density at radius 2 is 2.11 bits per heavy atom. The van der Waals surface area contributed by atoms with Gasteiger partial charge in [-0.15, -0.1) is 0 Å². The van der Waals surface area contributed by atoms with Crippen LogP contribution in [-0.2, 0) is 10.0 Å². The molecule has 0 aliphatic heterocycles. The lowest BCUT2D eigenvalue weighted by atomic mass is 10.2. The Kier molecular flexibility index (Phi) is 3.13. The van der Waals surface area contributed by atoms with Crippen LogP contribution in [0.3, 0.4) is 0 Å². The second-order valence-corrected chi connectivity index (χ2v) is 5.23.